The summed E-state index contributed by atoms with van der Waals surface area (Å²) in [6.45, 7) is 6.34. The first kappa shape index (κ1) is 18.3. The number of carbonyl (C=O) groups is 1. The molecule has 26 heavy (non-hydrogen) atoms. The van der Waals surface area contributed by atoms with Crippen molar-refractivity contribution in [3.8, 4) is 11.4 Å². The molecule has 0 aliphatic heterocycles. The van der Waals surface area contributed by atoms with E-state index < -0.39 is 0 Å². The third kappa shape index (κ3) is 4.20. The molecular weight excluding hydrogens is 372 g/mol. The number of nitrogens with one attached hydrogen (secondary N) is 1. The van der Waals surface area contributed by atoms with Gasteiger partial charge in [0.05, 0.1) is 18.1 Å². The molecule has 1 amide bonds. The molecule has 0 radical (unpaired) electrons. The van der Waals surface area contributed by atoms with Crippen LogP contribution in [0, 0.1) is 13.8 Å². The Hall–Kier alpha value is -2.46. The molecular formula is C16H18N6O2S2. The van der Waals surface area contributed by atoms with Crippen LogP contribution in [0.2, 0.25) is 0 Å². The van der Waals surface area contributed by atoms with Crippen LogP contribution in [0.3, 0.4) is 0 Å². The monoisotopic (exact) mass is 390 g/mol. The van der Waals surface area contributed by atoms with Crippen LogP contribution in [0.4, 0.5) is 5.13 Å². The summed E-state index contributed by atoms with van der Waals surface area (Å²) in [4.78, 5) is 17.6. The lowest BCUT2D eigenvalue weighted by atomic mass is 10.3. The Morgan fingerprint density at radius 1 is 1.35 bits per heavy atom. The van der Waals surface area contributed by atoms with Crippen LogP contribution in [0.25, 0.3) is 5.69 Å². The van der Waals surface area contributed by atoms with E-state index in [1.165, 1.54) is 23.1 Å². The zero-order valence-corrected chi connectivity index (χ0v) is 16.2. The van der Waals surface area contributed by atoms with Gasteiger partial charge in [-0.3, -0.25) is 4.79 Å². The van der Waals surface area contributed by atoms with Crippen LogP contribution in [0.1, 0.15) is 17.5 Å². The van der Waals surface area contributed by atoms with Crippen molar-refractivity contribution in [2.75, 3.05) is 17.7 Å². The van der Waals surface area contributed by atoms with Gasteiger partial charge in [0, 0.05) is 4.88 Å². The molecule has 0 aliphatic carbocycles. The van der Waals surface area contributed by atoms with Crippen LogP contribution < -0.4 is 10.1 Å². The minimum atomic E-state index is -0.156. The first-order valence-corrected chi connectivity index (χ1v) is 9.76. The summed E-state index contributed by atoms with van der Waals surface area (Å²) >= 11 is 2.71. The van der Waals surface area contributed by atoms with E-state index in [2.05, 4.69) is 25.8 Å². The lowest BCUT2D eigenvalue weighted by Gasteiger charge is -2.10. The number of benzene rings is 1. The van der Waals surface area contributed by atoms with Crippen molar-refractivity contribution in [3.63, 3.8) is 0 Å². The fourth-order valence-electron chi connectivity index (χ4n) is 2.14. The number of hydrogen-bond acceptors (Lipinski definition) is 8. The molecule has 3 rings (SSSR count). The second kappa shape index (κ2) is 8.28. The fraction of sp³-hybridized carbons (Fsp3) is 0.312. The van der Waals surface area contributed by atoms with Crippen molar-refractivity contribution in [3.05, 3.63) is 34.8 Å². The van der Waals surface area contributed by atoms with Gasteiger partial charge in [-0.15, -0.1) is 16.4 Å². The third-order valence-corrected chi connectivity index (χ3v) is 5.35. The van der Waals surface area contributed by atoms with Crippen molar-refractivity contribution >= 4 is 34.1 Å². The number of para-hydroxylation sites is 2. The Morgan fingerprint density at radius 3 is 2.88 bits per heavy atom. The molecule has 0 aliphatic rings. The molecule has 0 spiro atoms. The molecule has 0 saturated heterocycles. The van der Waals surface area contributed by atoms with Gasteiger partial charge in [0.1, 0.15) is 11.4 Å². The summed E-state index contributed by atoms with van der Waals surface area (Å²) in [7, 11) is 0. The van der Waals surface area contributed by atoms with E-state index >= 15 is 0 Å². The number of thiazole rings is 1. The Balaban J connectivity index is 1.69. The maximum Gasteiger partial charge on any atom is 0.236 e. The molecule has 0 unspecified atom stereocenters. The minimum Gasteiger partial charge on any atom is -0.492 e. The number of hydrogen-bond donors (Lipinski definition) is 1. The summed E-state index contributed by atoms with van der Waals surface area (Å²) in [5, 5.41) is 15.7. The number of carbonyl (C=O) groups excluding carboxylic acids is 1. The van der Waals surface area contributed by atoms with Crippen LogP contribution in [0.5, 0.6) is 5.75 Å². The molecule has 0 bridgehead atoms. The average molecular weight is 390 g/mol. The van der Waals surface area contributed by atoms with Crippen LogP contribution >= 0.6 is 23.1 Å². The van der Waals surface area contributed by atoms with E-state index in [-0.39, 0.29) is 11.7 Å². The maximum atomic E-state index is 12.2. The predicted molar refractivity (Wildman–Crippen MR) is 101 cm³/mol. The lowest BCUT2D eigenvalue weighted by Crippen LogP contribution is -2.14. The van der Waals surface area contributed by atoms with Crippen molar-refractivity contribution < 1.29 is 9.53 Å². The Labute approximate surface area is 159 Å². The molecule has 0 atom stereocenters. The number of tetrazole rings is 1. The number of nitrogens with zero attached hydrogens (tertiary/aromatic N) is 5. The van der Waals surface area contributed by atoms with E-state index in [4.69, 9.17) is 4.74 Å². The van der Waals surface area contributed by atoms with Gasteiger partial charge < -0.3 is 10.1 Å². The Bertz CT molecular complexity index is 888. The average Bonchev–Trinajstić information content (AvgIpc) is 3.20. The summed E-state index contributed by atoms with van der Waals surface area (Å²) in [5.41, 5.74) is 1.66. The fourth-order valence-corrected chi connectivity index (χ4v) is 3.66. The van der Waals surface area contributed by atoms with Crippen LogP contribution in [-0.4, -0.2) is 43.5 Å². The normalized spacial score (nSPS) is 10.7. The van der Waals surface area contributed by atoms with E-state index in [9.17, 15) is 4.79 Å². The SMILES string of the molecule is CCOc1ccccc1-n1nnnc1SCC(=O)Nc1nc(C)c(C)s1. The highest BCUT2D eigenvalue weighted by molar-refractivity contribution is 7.99. The largest absolute Gasteiger partial charge is 0.492 e. The Morgan fingerprint density at radius 2 is 2.15 bits per heavy atom. The Kier molecular flexibility index (Phi) is 5.84. The highest BCUT2D eigenvalue weighted by Gasteiger charge is 2.15. The molecule has 136 valence electrons. The van der Waals surface area contributed by atoms with Crippen LogP contribution in [-0.2, 0) is 4.79 Å². The highest BCUT2D eigenvalue weighted by atomic mass is 32.2. The first-order chi connectivity index (χ1) is 12.6. The standard InChI is InChI=1S/C16H18N6O2S2/c1-4-24-13-8-6-5-7-12(13)22-16(19-20-21-22)25-9-14(23)18-15-17-10(2)11(3)26-15/h5-8H,4,9H2,1-3H3,(H,17,18,23). The third-order valence-electron chi connectivity index (χ3n) is 3.44. The van der Waals surface area contributed by atoms with E-state index in [1.54, 1.807) is 4.68 Å². The predicted octanol–water partition coefficient (Wildman–Crippen LogP) is 2.87. The van der Waals surface area contributed by atoms with Crippen LogP contribution in [0.15, 0.2) is 29.4 Å². The second-order valence-electron chi connectivity index (χ2n) is 5.27. The number of rotatable bonds is 7. The number of aromatic nitrogens is 5. The van der Waals surface area contributed by atoms with Gasteiger partial charge in [-0.05, 0) is 43.3 Å². The summed E-state index contributed by atoms with van der Waals surface area (Å²) in [6, 6.07) is 7.49. The van der Waals surface area contributed by atoms with Crippen molar-refractivity contribution in [1.82, 2.24) is 25.2 Å². The van der Waals surface area contributed by atoms with Gasteiger partial charge >= 0.3 is 0 Å². The molecule has 1 aromatic carbocycles. The smallest absolute Gasteiger partial charge is 0.236 e. The highest BCUT2D eigenvalue weighted by Crippen LogP contribution is 2.26. The van der Waals surface area contributed by atoms with E-state index in [0.717, 1.165) is 16.3 Å². The second-order valence-corrected chi connectivity index (χ2v) is 7.42. The zero-order chi connectivity index (χ0) is 18.5. The molecule has 8 nitrogen and oxygen atoms in total. The topological polar surface area (TPSA) is 94.8 Å². The summed E-state index contributed by atoms with van der Waals surface area (Å²) in [6.07, 6.45) is 0. The summed E-state index contributed by atoms with van der Waals surface area (Å²) < 4.78 is 7.19. The van der Waals surface area contributed by atoms with Gasteiger partial charge in [-0.2, -0.15) is 4.68 Å². The lowest BCUT2D eigenvalue weighted by molar-refractivity contribution is -0.113. The van der Waals surface area contributed by atoms with Crippen molar-refractivity contribution in [2.45, 2.75) is 25.9 Å². The molecule has 1 N–H and O–H groups in total. The number of amides is 1. The van der Waals surface area contributed by atoms with Gasteiger partial charge in [-0.1, -0.05) is 23.9 Å². The molecule has 2 heterocycles. The number of anilines is 1. The maximum absolute atomic E-state index is 12.2. The number of aryl methyl sites for hydroxylation is 2. The molecule has 10 heteroatoms. The van der Waals surface area contributed by atoms with E-state index in [1.807, 2.05) is 45.0 Å². The van der Waals surface area contributed by atoms with Gasteiger partial charge in [0.2, 0.25) is 11.1 Å². The van der Waals surface area contributed by atoms with Gasteiger partial charge in [-0.25, -0.2) is 4.98 Å². The molecule has 0 saturated carbocycles. The number of ether oxygens (including phenoxy) is 1. The van der Waals surface area contributed by atoms with Crippen molar-refractivity contribution in [2.24, 2.45) is 0 Å². The van der Waals surface area contributed by atoms with Gasteiger partial charge in [0.15, 0.2) is 5.13 Å². The first-order valence-electron chi connectivity index (χ1n) is 7.95. The van der Waals surface area contributed by atoms with E-state index in [0.29, 0.717) is 22.6 Å². The summed E-state index contributed by atoms with van der Waals surface area (Å²) in [5.74, 6) is 0.702. The number of thioether (sulfide) groups is 1. The molecule has 3 aromatic rings. The quantitative estimate of drug-likeness (QED) is 0.620. The molecule has 0 fully saturated rings. The minimum absolute atomic E-state index is 0.156. The molecule has 2 aromatic heterocycles. The van der Waals surface area contributed by atoms with Gasteiger partial charge in [0.25, 0.3) is 0 Å². The van der Waals surface area contributed by atoms with Crippen molar-refractivity contribution in [1.29, 1.82) is 0 Å². The zero-order valence-electron chi connectivity index (χ0n) is 14.6.